The van der Waals surface area contributed by atoms with Crippen LogP contribution in [0.15, 0.2) is 42.4 Å². The third-order valence-corrected chi connectivity index (χ3v) is 7.88. The molecule has 2 atom stereocenters. The second-order valence-corrected chi connectivity index (χ2v) is 11.3. The molecule has 200 valence electrons. The van der Waals surface area contributed by atoms with Gasteiger partial charge in [-0.2, -0.15) is 4.98 Å². The summed E-state index contributed by atoms with van der Waals surface area (Å²) in [6, 6.07) is 7.45. The van der Waals surface area contributed by atoms with E-state index in [0.29, 0.717) is 12.8 Å². The Morgan fingerprint density at radius 2 is 1.86 bits per heavy atom. The van der Waals surface area contributed by atoms with Crippen LogP contribution in [0.4, 0.5) is 26.6 Å². The highest BCUT2D eigenvalue weighted by molar-refractivity contribution is 7.92. The van der Waals surface area contributed by atoms with Crippen molar-refractivity contribution >= 4 is 33.6 Å². The summed E-state index contributed by atoms with van der Waals surface area (Å²) < 4.78 is 45.8. The lowest BCUT2D eigenvalue weighted by Crippen LogP contribution is -2.44. The largest absolute Gasteiger partial charge is 0.447 e. The van der Waals surface area contributed by atoms with E-state index in [9.17, 15) is 17.6 Å². The molecule has 2 aliphatic rings. The van der Waals surface area contributed by atoms with Gasteiger partial charge in [0.25, 0.3) is 0 Å². The predicted octanol–water partition coefficient (Wildman–Crippen LogP) is 3.80. The Labute approximate surface area is 217 Å². The van der Waals surface area contributed by atoms with E-state index in [1.807, 2.05) is 45.0 Å². The number of benzene rings is 1. The number of cyclic esters (lactones) is 1. The van der Waals surface area contributed by atoms with Crippen LogP contribution in [0.5, 0.6) is 0 Å². The lowest BCUT2D eigenvalue weighted by molar-refractivity contribution is 0.177. The number of carbonyl (C=O) groups excluding carboxylic acids is 1. The highest BCUT2D eigenvalue weighted by Gasteiger charge is 2.39. The van der Waals surface area contributed by atoms with Crippen LogP contribution >= 0.6 is 0 Å². The van der Waals surface area contributed by atoms with E-state index >= 15 is 0 Å². The molecule has 0 bridgehead atoms. The molecule has 37 heavy (non-hydrogen) atoms. The molecular weight excluding hydrogens is 499 g/mol. The molecule has 2 fully saturated rings. The van der Waals surface area contributed by atoms with Gasteiger partial charge in [-0.1, -0.05) is 32.6 Å². The van der Waals surface area contributed by atoms with E-state index in [2.05, 4.69) is 31.5 Å². The van der Waals surface area contributed by atoms with Gasteiger partial charge in [-0.05, 0) is 43.4 Å². The maximum atomic E-state index is 14.6. The van der Waals surface area contributed by atoms with Gasteiger partial charge in [0.1, 0.15) is 6.61 Å². The van der Waals surface area contributed by atoms with Gasteiger partial charge in [-0.15, -0.1) is 0 Å². The topological polar surface area (TPSA) is 117 Å². The summed E-state index contributed by atoms with van der Waals surface area (Å²) in [5.74, 6) is -0.510. The number of hydrogen-bond acceptors (Lipinski definition) is 8. The highest BCUT2D eigenvalue weighted by atomic mass is 32.2. The van der Waals surface area contributed by atoms with Gasteiger partial charge in [0, 0.05) is 30.2 Å². The van der Waals surface area contributed by atoms with Crippen LogP contribution in [-0.2, 0) is 14.8 Å². The van der Waals surface area contributed by atoms with E-state index in [4.69, 9.17) is 4.74 Å². The molecule has 4 rings (SSSR count). The summed E-state index contributed by atoms with van der Waals surface area (Å²) in [4.78, 5) is 24.1. The van der Waals surface area contributed by atoms with Crippen LogP contribution in [0, 0.1) is 11.7 Å². The molecule has 1 amide bonds. The zero-order valence-corrected chi connectivity index (χ0v) is 22.0. The van der Waals surface area contributed by atoms with Crippen LogP contribution in [0.25, 0.3) is 0 Å². The SMILES string of the molecule is C=CS(=O)(=O)NC1CCN(c2ccc([C@H](C)Nc3ncc(F)c(N4C(=O)OC[C@@H]4C(C)C)n3)cc2)CC1. The third-order valence-electron chi connectivity index (χ3n) is 6.78. The predicted molar refractivity (Wildman–Crippen MR) is 140 cm³/mol. The number of hydrogen-bond donors (Lipinski definition) is 2. The Bertz CT molecular complexity index is 1230. The number of rotatable bonds is 9. The van der Waals surface area contributed by atoms with Crippen molar-refractivity contribution in [1.29, 1.82) is 0 Å². The van der Waals surface area contributed by atoms with Gasteiger partial charge in [0.15, 0.2) is 11.6 Å². The molecule has 2 saturated heterocycles. The van der Waals surface area contributed by atoms with Crippen LogP contribution in [0.2, 0.25) is 0 Å². The van der Waals surface area contributed by atoms with Gasteiger partial charge < -0.3 is 15.0 Å². The quantitative estimate of drug-likeness (QED) is 0.501. The smallest absolute Gasteiger partial charge is 0.416 e. The molecule has 0 saturated carbocycles. The molecule has 1 aromatic heterocycles. The molecule has 0 unspecified atom stereocenters. The van der Waals surface area contributed by atoms with Crippen LogP contribution in [0.1, 0.15) is 45.2 Å². The van der Waals surface area contributed by atoms with Crippen molar-refractivity contribution in [3.63, 3.8) is 0 Å². The number of halogens is 1. The van der Waals surface area contributed by atoms with Crippen molar-refractivity contribution in [1.82, 2.24) is 14.7 Å². The molecule has 1 aromatic carbocycles. The zero-order valence-electron chi connectivity index (χ0n) is 21.2. The minimum Gasteiger partial charge on any atom is -0.447 e. The Morgan fingerprint density at radius 3 is 2.49 bits per heavy atom. The number of carbonyl (C=O) groups is 1. The maximum Gasteiger partial charge on any atom is 0.416 e. The third kappa shape index (κ3) is 6.19. The van der Waals surface area contributed by atoms with Crippen molar-refractivity contribution in [3.05, 3.63) is 53.8 Å². The number of nitrogens with zero attached hydrogens (tertiary/aromatic N) is 4. The van der Waals surface area contributed by atoms with Crippen molar-refractivity contribution in [2.24, 2.45) is 5.92 Å². The van der Waals surface area contributed by atoms with Crippen molar-refractivity contribution in [2.75, 3.05) is 34.8 Å². The number of aromatic nitrogens is 2. The Kier molecular flexibility index (Phi) is 7.98. The standard InChI is InChI=1S/C25H33FN6O4S/c1-5-37(34,35)30-19-10-12-31(13-11-19)20-8-6-18(7-9-20)17(4)28-24-27-14-21(26)23(29-24)32-22(16(2)3)15-36-25(32)33/h5-9,14,16-17,19,22,30H,1,10-13,15H2,2-4H3,(H,27,28,29)/t17-,22+/m0/s1. The second kappa shape index (κ2) is 11.0. The van der Waals surface area contributed by atoms with E-state index in [0.717, 1.165) is 35.9 Å². The molecule has 0 aliphatic carbocycles. The molecular formula is C25H33FN6O4S. The highest BCUT2D eigenvalue weighted by Crippen LogP contribution is 2.29. The number of sulfonamides is 1. The Hall–Kier alpha value is -3.25. The number of anilines is 3. The Morgan fingerprint density at radius 1 is 1.19 bits per heavy atom. The first-order valence-corrected chi connectivity index (χ1v) is 13.9. The van der Waals surface area contributed by atoms with E-state index in [1.165, 1.54) is 4.90 Å². The second-order valence-electron chi connectivity index (χ2n) is 9.67. The normalized spacial score (nSPS) is 19.7. The minimum absolute atomic E-state index is 0.0666. The summed E-state index contributed by atoms with van der Waals surface area (Å²) in [5, 5.41) is 4.12. The zero-order chi connectivity index (χ0) is 26.7. The summed E-state index contributed by atoms with van der Waals surface area (Å²) in [6.45, 7) is 10.8. The van der Waals surface area contributed by atoms with Gasteiger partial charge in [0.05, 0.1) is 18.3 Å². The van der Waals surface area contributed by atoms with Crippen molar-refractivity contribution in [2.45, 2.75) is 51.7 Å². The average Bonchev–Trinajstić information content (AvgIpc) is 3.27. The Balaban J connectivity index is 1.39. The monoisotopic (exact) mass is 532 g/mol. The molecule has 0 spiro atoms. The molecule has 3 heterocycles. The number of ether oxygens (including phenoxy) is 1. The molecule has 10 nitrogen and oxygen atoms in total. The van der Waals surface area contributed by atoms with Gasteiger partial charge in [-0.3, -0.25) is 4.90 Å². The number of piperidine rings is 1. The average molecular weight is 533 g/mol. The first kappa shape index (κ1) is 26.8. The van der Waals surface area contributed by atoms with Crippen LogP contribution < -0.4 is 19.8 Å². The number of nitrogens with one attached hydrogen (secondary N) is 2. The molecule has 2 aliphatic heterocycles. The van der Waals surface area contributed by atoms with E-state index < -0.39 is 21.9 Å². The first-order chi connectivity index (χ1) is 17.6. The van der Waals surface area contributed by atoms with Crippen molar-refractivity contribution < 1.29 is 22.3 Å². The minimum atomic E-state index is -3.43. The van der Waals surface area contributed by atoms with E-state index in [1.54, 1.807) is 0 Å². The fraction of sp³-hybridized carbons (Fsp3) is 0.480. The maximum absolute atomic E-state index is 14.6. The summed E-state index contributed by atoms with van der Waals surface area (Å²) >= 11 is 0. The molecule has 12 heteroatoms. The van der Waals surface area contributed by atoms with Crippen molar-refractivity contribution in [3.8, 4) is 0 Å². The molecule has 2 aromatic rings. The van der Waals surface area contributed by atoms with Gasteiger partial charge >= 0.3 is 6.09 Å². The van der Waals surface area contributed by atoms with Gasteiger partial charge in [-0.25, -0.2) is 27.3 Å². The lowest BCUT2D eigenvalue weighted by Gasteiger charge is -2.33. The first-order valence-electron chi connectivity index (χ1n) is 12.3. The summed E-state index contributed by atoms with van der Waals surface area (Å²) in [7, 11) is -3.43. The fourth-order valence-corrected chi connectivity index (χ4v) is 5.35. The van der Waals surface area contributed by atoms with Gasteiger partial charge in [0.2, 0.25) is 16.0 Å². The number of amides is 1. The summed E-state index contributed by atoms with van der Waals surface area (Å²) in [5.41, 5.74) is 2.03. The molecule has 0 radical (unpaired) electrons. The van der Waals surface area contributed by atoms with Crippen LogP contribution in [-0.4, -0.2) is 56.3 Å². The lowest BCUT2D eigenvalue weighted by atomic mass is 10.0. The van der Waals surface area contributed by atoms with E-state index in [-0.39, 0.29) is 42.4 Å². The summed E-state index contributed by atoms with van der Waals surface area (Å²) in [6.07, 6.45) is 1.86. The van der Waals surface area contributed by atoms with Crippen LogP contribution in [0.3, 0.4) is 0 Å². The molecule has 2 N–H and O–H groups in total. The fourth-order valence-electron chi connectivity index (χ4n) is 4.55.